The number of hydrogen-bond donors (Lipinski definition) is 3. The molecule has 4 rings (SSSR count). The highest BCUT2D eigenvalue weighted by molar-refractivity contribution is 5.35. The van der Waals surface area contributed by atoms with E-state index >= 15 is 0 Å². The number of phenols is 1. The van der Waals surface area contributed by atoms with Crippen LogP contribution in [0.2, 0.25) is 0 Å². The van der Waals surface area contributed by atoms with Gasteiger partial charge in [0.05, 0.1) is 0 Å². The van der Waals surface area contributed by atoms with Gasteiger partial charge in [0, 0.05) is 0 Å². The van der Waals surface area contributed by atoms with Gasteiger partial charge in [-0.25, -0.2) is 0 Å². The summed E-state index contributed by atoms with van der Waals surface area (Å²) in [5.41, 5.74) is 13.2. The lowest BCUT2D eigenvalue weighted by atomic mass is 9.93. The Morgan fingerprint density at radius 3 is 0.929 bits per heavy atom. The van der Waals surface area contributed by atoms with Crippen LogP contribution in [-0.4, -0.2) is 5.11 Å². The summed E-state index contributed by atoms with van der Waals surface area (Å²) in [5, 5.41) is 8.63. The van der Waals surface area contributed by atoms with Crippen molar-refractivity contribution in [2.45, 2.75) is 5.66 Å². The number of hydrogen-bond acceptors (Lipinski definition) is 3. The van der Waals surface area contributed by atoms with Crippen LogP contribution in [0.4, 0.5) is 0 Å². The average Bonchev–Trinajstić information content (AvgIpc) is 2.78. The van der Waals surface area contributed by atoms with Crippen molar-refractivity contribution < 1.29 is 5.11 Å². The molecule has 0 radical (unpaired) electrons. The van der Waals surface area contributed by atoms with Crippen molar-refractivity contribution >= 4 is 0 Å². The van der Waals surface area contributed by atoms with Gasteiger partial charge in [-0.2, -0.15) is 0 Å². The van der Waals surface area contributed by atoms with Crippen LogP contribution in [0.15, 0.2) is 127 Å². The highest BCUT2D eigenvalue weighted by Crippen LogP contribution is 2.20. The molecule has 0 atom stereocenters. The summed E-state index contributed by atoms with van der Waals surface area (Å²) in [6, 6.07) is 40.1. The first-order chi connectivity index (χ1) is 13.6. The number of nitrogens with two attached hydrogens (primary N) is 2. The van der Waals surface area contributed by atoms with E-state index in [0.29, 0.717) is 5.75 Å². The van der Waals surface area contributed by atoms with Crippen LogP contribution in [0.5, 0.6) is 5.75 Å². The molecule has 0 unspecified atom stereocenters. The highest BCUT2D eigenvalue weighted by Gasteiger charge is 2.23. The minimum Gasteiger partial charge on any atom is -0.508 e. The van der Waals surface area contributed by atoms with Gasteiger partial charge in [-0.15, -0.1) is 0 Å². The summed E-state index contributed by atoms with van der Waals surface area (Å²) in [5.74, 6) is 0.322. The predicted octanol–water partition coefficient (Wildman–Crippen LogP) is 4.88. The molecule has 28 heavy (non-hydrogen) atoms. The van der Waals surface area contributed by atoms with Gasteiger partial charge in [0.15, 0.2) is 0 Å². The van der Waals surface area contributed by atoms with Gasteiger partial charge in [0.25, 0.3) is 0 Å². The van der Waals surface area contributed by atoms with Crippen molar-refractivity contribution in [2.75, 3.05) is 0 Å². The molecular weight excluding hydrogens is 344 g/mol. The zero-order valence-electron chi connectivity index (χ0n) is 15.7. The Balaban J connectivity index is 0.000000178. The lowest BCUT2D eigenvalue weighted by Crippen LogP contribution is -2.46. The molecule has 0 saturated heterocycles. The fourth-order valence-electron chi connectivity index (χ4n) is 2.41. The van der Waals surface area contributed by atoms with Crippen molar-refractivity contribution in [1.82, 2.24) is 0 Å². The van der Waals surface area contributed by atoms with Crippen LogP contribution in [0, 0.1) is 0 Å². The van der Waals surface area contributed by atoms with Gasteiger partial charge in [-0.3, -0.25) is 0 Å². The first-order valence-electron chi connectivity index (χ1n) is 9.03. The summed E-state index contributed by atoms with van der Waals surface area (Å²) in [6.45, 7) is 0. The van der Waals surface area contributed by atoms with Gasteiger partial charge >= 0.3 is 0 Å². The van der Waals surface area contributed by atoms with Crippen molar-refractivity contribution in [3.05, 3.63) is 139 Å². The Hall–Kier alpha value is -3.40. The molecule has 3 nitrogen and oxygen atoms in total. The summed E-state index contributed by atoms with van der Waals surface area (Å²) in [7, 11) is 0. The molecule has 0 saturated carbocycles. The first-order valence-corrected chi connectivity index (χ1v) is 9.03. The fourth-order valence-corrected chi connectivity index (χ4v) is 2.41. The van der Waals surface area contributed by atoms with Crippen molar-refractivity contribution in [1.29, 1.82) is 0 Å². The van der Waals surface area contributed by atoms with Crippen LogP contribution >= 0.6 is 0 Å². The third-order valence-electron chi connectivity index (χ3n) is 3.93. The third-order valence-corrected chi connectivity index (χ3v) is 3.93. The Labute approximate surface area is 166 Å². The lowest BCUT2D eigenvalue weighted by molar-refractivity contribution is 0.475. The van der Waals surface area contributed by atoms with Crippen LogP contribution < -0.4 is 11.5 Å². The van der Waals surface area contributed by atoms with E-state index in [2.05, 4.69) is 0 Å². The van der Waals surface area contributed by atoms with E-state index in [1.165, 1.54) is 0 Å². The van der Waals surface area contributed by atoms with E-state index in [0.717, 1.165) is 11.1 Å². The van der Waals surface area contributed by atoms with Gasteiger partial charge < -0.3 is 16.6 Å². The Morgan fingerprint density at radius 1 is 0.429 bits per heavy atom. The monoisotopic (exact) mass is 370 g/mol. The summed E-state index contributed by atoms with van der Waals surface area (Å²) < 4.78 is 0. The zero-order chi connectivity index (χ0) is 20.1. The molecule has 142 valence electrons. The quantitative estimate of drug-likeness (QED) is 0.440. The van der Waals surface area contributed by atoms with E-state index in [4.69, 9.17) is 16.6 Å². The standard InChI is InChI=1S/C13H14N2.C6H6O.C6H6/c14-13(15,11-7-3-1-4-8-11)12-9-5-2-6-10-12;7-6-4-2-1-3-5-6;1-2-4-6-5-3-1/h1-10H,14-15H2;1-5,7H;1-6H. The molecule has 0 aliphatic rings. The molecule has 3 heteroatoms. The highest BCUT2D eigenvalue weighted by atomic mass is 16.3. The number of para-hydroxylation sites is 1. The number of aromatic hydroxyl groups is 1. The van der Waals surface area contributed by atoms with Gasteiger partial charge in [0.1, 0.15) is 11.4 Å². The smallest absolute Gasteiger partial charge is 0.116 e. The Kier molecular flexibility index (Phi) is 8.47. The summed E-state index contributed by atoms with van der Waals surface area (Å²) in [4.78, 5) is 0. The predicted molar refractivity (Wildman–Crippen MR) is 117 cm³/mol. The third kappa shape index (κ3) is 7.08. The molecule has 4 aromatic rings. The lowest BCUT2D eigenvalue weighted by Gasteiger charge is -2.25. The van der Waals surface area contributed by atoms with E-state index in [1.807, 2.05) is 103 Å². The van der Waals surface area contributed by atoms with E-state index in [9.17, 15) is 0 Å². The molecule has 0 spiro atoms. The largest absolute Gasteiger partial charge is 0.508 e. The maximum absolute atomic E-state index is 8.63. The Bertz CT molecular complexity index is 812. The molecule has 0 amide bonds. The van der Waals surface area contributed by atoms with Crippen LogP contribution in [-0.2, 0) is 5.66 Å². The zero-order valence-corrected chi connectivity index (χ0v) is 15.7. The average molecular weight is 370 g/mol. The molecule has 0 heterocycles. The number of benzene rings is 4. The molecule has 0 aromatic heterocycles. The minimum absolute atomic E-state index is 0.322. The molecule has 0 fully saturated rings. The van der Waals surface area contributed by atoms with Gasteiger partial charge in [-0.1, -0.05) is 115 Å². The molecule has 0 aliphatic carbocycles. The first kappa shape index (κ1) is 20.9. The van der Waals surface area contributed by atoms with Crippen LogP contribution in [0.1, 0.15) is 11.1 Å². The van der Waals surface area contributed by atoms with Gasteiger partial charge in [-0.05, 0) is 23.3 Å². The number of phenolic OH excluding ortho intramolecular Hbond substituents is 1. The van der Waals surface area contributed by atoms with E-state index in [-0.39, 0.29) is 0 Å². The molecular formula is C25H26N2O. The molecule has 0 bridgehead atoms. The van der Waals surface area contributed by atoms with Crippen LogP contribution in [0.3, 0.4) is 0 Å². The fraction of sp³-hybridized carbons (Fsp3) is 0.0400. The maximum atomic E-state index is 8.63. The normalized spacial score (nSPS) is 9.93. The summed E-state index contributed by atoms with van der Waals surface area (Å²) >= 11 is 0. The second kappa shape index (κ2) is 11.3. The van der Waals surface area contributed by atoms with Crippen LogP contribution in [0.25, 0.3) is 0 Å². The summed E-state index contributed by atoms with van der Waals surface area (Å²) in [6.07, 6.45) is 0. The number of rotatable bonds is 2. The molecule has 0 aliphatic heterocycles. The van der Waals surface area contributed by atoms with E-state index in [1.54, 1.807) is 24.3 Å². The van der Waals surface area contributed by atoms with Crippen molar-refractivity contribution in [2.24, 2.45) is 11.5 Å². The topological polar surface area (TPSA) is 72.3 Å². The van der Waals surface area contributed by atoms with Crippen molar-refractivity contribution in [3.63, 3.8) is 0 Å². The van der Waals surface area contributed by atoms with Crippen molar-refractivity contribution in [3.8, 4) is 5.75 Å². The van der Waals surface area contributed by atoms with Gasteiger partial charge in [0.2, 0.25) is 0 Å². The molecule has 5 N–H and O–H groups in total. The second-order valence-corrected chi connectivity index (χ2v) is 6.09. The minimum atomic E-state index is -0.914. The van der Waals surface area contributed by atoms with E-state index < -0.39 is 5.66 Å². The molecule has 4 aromatic carbocycles. The maximum Gasteiger partial charge on any atom is 0.116 e. The Morgan fingerprint density at radius 2 is 0.679 bits per heavy atom. The SMILES string of the molecule is NC(N)(c1ccccc1)c1ccccc1.Oc1ccccc1.c1ccccc1. The second-order valence-electron chi connectivity index (χ2n) is 6.09.